The minimum absolute atomic E-state index is 0.103. The summed E-state index contributed by atoms with van der Waals surface area (Å²) in [6, 6.07) is 25.0. The number of aromatic nitrogens is 1. The number of esters is 1. The van der Waals surface area contributed by atoms with Gasteiger partial charge < -0.3 is 13.9 Å². The normalized spacial score (nSPS) is 10.9. The van der Waals surface area contributed by atoms with Crippen LogP contribution in [0, 0.1) is 0 Å². The van der Waals surface area contributed by atoms with Gasteiger partial charge in [-0.05, 0) is 41.1 Å². The highest BCUT2D eigenvalue weighted by Gasteiger charge is 2.17. The predicted octanol–water partition coefficient (Wildman–Crippen LogP) is 5.49. The Bertz CT molecular complexity index is 1490. The van der Waals surface area contributed by atoms with Crippen molar-refractivity contribution in [1.29, 1.82) is 0 Å². The second kappa shape index (κ2) is 8.35. The number of ether oxygens (including phenoxy) is 2. The van der Waals surface area contributed by atoms with Crippen LogP contribution in [0.2, 0.25) is 0 Å². The van der Waals surface area contributed by atoms with Gasteiger partial charge in [-0.3, -0.25) is 0 Å². The zero-order valence-corrected chi connectivity index (χ0v) is 16.9. The number of carbonyl (C=O) groups excluding carboxylic acids is 1. The van der Waals surface area contributed by atoms with E-state index in [-0.39, 0.29) is 18.1 Å². The van der Waals surface area contributed by atoms with E-state index in [1.54, 1.807) is 30.3 Å². The summed E-state index contributed by atoms with van der Waals surface area (Å²) < 4.78 is 16.7. The van der Waals surface area contributed by atoms with Crippen LogP contribution in [0.15, 0.2) is 100 Å². The van der Waals surface area contributed by atoms with Crippen molar-refractivity contribution in [3.05, 3.63) is 113 Å². The first-order chi connectivity index (χ1) is 15.7. The lowest BCUT2D eigenvalue weighted by Gasteiger charge is -2.11. The van der Waals surface area contributed by atoms with Crippen molar-refractivity contribution in [3.63, 3.8) is 0 Å². The molecule has 2 heterocycles. The van der Waals surface area contributed by atoms with Crippen molar-refractivity contribution in [2.75, 3.05) is 0 Å². The van der Waals surface area contributed by atoms with Crippen LogP contribution in [0.5, 0.6) is 11.6 Å². The highest BCUT2D eigenvalue weighted by atomic mass is 16.5. The fourth-order valence-electron chi connectivity index (χ4n) is 3.58. The van der Waals surface area contributed by atoms with Gasteiger partial charge in [0.25, 0.3) is 0 Å². The highest BCUT2D eigenvalue weighted by molar-refractivity contribution is 6.07. The van der Waals surface area contributed by atoms with Gasteiger partial charge in [0.2, 0.25) is 5.88 Å². The smallest absolute Gasteiger partial charge is 0.344 e. The molecule has 0 aliphatic carbocycles. The third kappa shape index (κ3) is 3.81. The van der Waals surface area contributed by atoms with Gasteiger partial charge in [0, 0.05) is 23.2 Å². The summed E-state index contributed by atoms with van der Waals surface area (Å²) in [6.45, 7) is -0.103. The second-order valence-corrected chi connectivity index (χ2v) is 7.10. The molecule has 5 rings (SSSR count). The Morgan fingerprint density at radius 2 is 1.72 bits per heavy atom. The molecule has 0 fully saturated rings. The Labute approximate surface area is 182 Å². The number of fused-ring (bicyclic) bond motifs is 3. The van der Waals surface area contributed by atoms with E-state index in [4.69, 9.17) is 13.9 Å². The zero-order valence-electron chi connectivity index (χ0n) is 16.9. The van der Waals surface area contributed by atoms with Gasteiger partial charge in [-0.1, -0.05) is 48.5 Å². The molecule has 0 radical (unpaired) electrons. The Hall–Kier alpha value is -4.45. The molecule has 3 aromatic carbocycles. The van der Waals surface area contributed by atoms with Crippen molar-refractivity contribution in [1.82, 2.24) is 4.98 Å². The number of rotatable bonds is 5. The molecule has 0 unspecified atom stereocenters. The molecular formula is C26H17NO5. The van der Waals surface area contributed by atoms with Crippen molar-refractivity contribution in [2.45, 2.75) is 6.61 Å². The number of nitrogens with zero attached hydrogens (tertiary/aromatic N) is 1. The molecule has 2 aromatic heterocycles. The maximum Gasteiger partial charge on any atom is 0.344 e. The van der Waals surface area contributed by atoms with Gasteiger partial charge in [0.1, 0.15) is 23.5 Å². The fraction of sp³-hybridized carbons (Fsp3) is 0.0385. The molecule has 32 heavy (non-hydrogen) atoms. The van der Waals surface area contributed by atoms with Gasteiger partial charge in [-0.25, -0.2) is 14.6 Å². The van der Waals surface area contributed by atoms with E-state index < -0.39 is 11.6 Å². The van der Waals surface area contributed by atoms with E-state index in [2.05, 4.69) is 4.98 Å². The molecule has 0 atom stereocenters. The van der Waals surface area contributed by atoms with E-state index in [1.807, 2.05) is 48.5 Å². The first-order valence-corrected chi connectivity index (χ1v) is 9.98. The molecule has 0 spiro atoms. The summed E-state index contributed by atoms with van der Waals surface area (Å²) in [5, 5.41) is 2.64. The number of hydrogen-bond acceptors (Lipinski definition) is 6. The van der Waals surface area contributed by atoms with Crippen LogP contribution in [0.25, 0.3) is 21.7 Å². The van der Waals surface area contributed by atoms with E-state index in [0.29, 0.717) is 16.9 Å². The number of para-hydroxylation sites is 1. The molecule has 0 saturated heterocycles. The van der Waals surface area contributed by atoms with Crippen molar-refractivity contribution < 1.29 is 18.7 Å². The van der Waals surface area contributed by atoms with Crippen LogP contribution < -0.4 is 10.4 Å². The largest absolute Gasteiger partial charge is 0.457 e. The van der Waals surface area contributed by atoms with E-state index in [9.17, 15) is 9.59 Å². The van der Waals surface area contributed by atoms with Crippen LogP contribution in [-0.4, -0.2) is 11.0 Å². The van der Waals surface area contributed by atoms with Gasteiger partial charge in [-0.15, -0.1) is 0 Å². The first kappa shape index (κ1) is 19.5. The molecule has 6 heteroatoms. The summed E-state index contributed by atoms with van der Waals surface area (Å²) in [5.74, 6) is 0.0932. The van der Waals surface area contributed by atoms with Gasteiger partial charge >= 0.3 is 11.6 Å². The molecule has 0 bridgehead atoms. The molecule has 0 amide bonds. The van der Waals surface area contributed by atoms with E-state index >= 15 is 0 Å². The lowest BCUT2D eigenvalue weighted by molar-refractivity contribution is 0.0470. The van der Waals surface area contributed by atoms with E-state index in [0.717, 1.165) is 16.2 Å². The Morgan fingerprint density at radius 1 is 0.906 bits per heavy atom. The van der Waals surface area contributed by atoms with Crippen LogP contribution in [0.3, 0.4) is 0 Å². The number of pyridine rings is 1. The van der Waals surface area contributed by atoms with Crippen LogP contribution in [0.4, 0.5) is 0 Å². The standard InChI is InChI=1S/C26H17NO5/c28-23-15-18(24-20-10-5-4-7-17(20)12-13-22(24)32-23)16-30-26(29)21-11-6-14-27-25(21)31-19-8-2-1-3-9-19/h1-15H,16H2. The molecule has 0 N–H and O–H groups in total. The molecule has 0 saturated carbocycles. The average Bonchev–Trinajstić information content (AvgIpc) is 2.83. The number of carbonyl (C=O) groups is 1. The van der Waals surface area contributed by atoms with Crippen molar-refractivity contribution in [3.8, 4) is 11.6 Å². The molecule has 156 valence electrons. The minimum atomic E-state index is -0.606. The first-order valence-electron chi connectivity index (χ1n) is 9.98. The van der Waals surface area contributed by atoms with Gasteiger partial charge in [0.05, 0.1) is 0 Å². The monoisotopic (exact) mass is 423 g/mol. The average molecular weight is 423 g/mol. The van der Waals surface area contributed by atoms with Crippen molar-refractivity contribution in [2.24, 2.45) is 0 Å². The summed E-state index contributed by atoms with van der Waals surface area (Å²) >= 11 is 0. The molecular weight excluding hydrogens is 406 g/mol. The van der Waals surface area contributed by atoms with Crippen LogP contribution >= 0.6 is 0 Å². The molecule has 0 aliphatic rings. The molecule has 5 aromatic rings. The summed E-state index contributed by atoms with van der Waals surface area (Å²) in [5.41, 5.74) is 0.689. The highest BCUT2D eigenvalue weighted by Crippen LogP contribution is 2.28. The van der Waals surface area contributed by atoms with E-state index in [1.165, 1.54) is 12.3 Å². The Balaban J connectivity index is 1.46. The number of benzene rings is 3. The third-order valence-electron chi connectivity index (χ3n) is 5.02. The van der Waals surface area contributed by atoms with Gasteiger partial charge in [-0.2, -0.15) is 0 Å². The Morgan fingerprint density at radius 3 is 2.59 bits per heavy atom. The Kier molecular flexibility index (Phi) is 5.09. The molecule has 6 nitrogen and oxygen atoms in total. The zero-order chi connectivity index (χ0) is 21.9. The summed E-state index contributed by atoms with van der Waals surface area (Å²) in [4.78, 5) is 29.1. The third-order valence-corrected chi connectivity index (χ3v) is 5.02. The van der Waals surface area contributed by atoms with Gasteiger partial charge in [0.15, 0.2) is 0 Å². The fourth-order valence-corrected chi connectivity index (χ4v) is 3.58. The number of hydrogen-bond donors (Lipinski definition) is 0. The second-order valence-electron chi connectivity index (χ2n) is 7.10. The predicted molar refractivity (Wildman–Crippen MR) is 120 cm³/mol. The van der Waals surface area contributed by atoms with Crippen LogP contribution in [-0.2, 0) is 11.3 Å². The quantitative estimate of drug-likeness (QED) is 0.211. The minimum Gasteiger partial charge on any atom is -0.457 e. The summed E-state index contributed by atoms with van der Waals surface area (Å²) in [7, 11) is 0. The summed E-state index contributed by atoms with van der Waals surface area (Å²) in [6.07, 6.45) is 1.54. The van der Waals surface area contributed by atoms with Crippen LogP contribution in [0.1, 0.15) is 15.9 Å². The topological polar surface area (TPSA) is 78.6 Å². The van der Waals surface area contributed by atoms with Crippen molar-refractivity contribution >= 4 is 27.7 Å². The lowest BCUT2D eigenvalue weighted by Crippen LogP contribution is -2.09. The SMILES string of the molecule is O=C(OCc1cc(=O)oc2ccc3ccccc3c12)c1cccnc1Oc1ccccc1. The maximum atomic E-state index is 12.9. The lowest BCUT2D eigenvalue weighted by atomic mass is 10.0. The maximum absolute atomic E-state index is 12.9. The molecule has 0 aliphatic heterocycles.